The van der Waals surface area contributed by atoms with Crippen LogP contribution in [0.25, 0.3) is 0 Å². The minimum atomic E-state index is -0.0606. The summed E-state index contributed by atoms with van der Waals surface area (Å²) in [5.41, 5.74) is 5.20. The van der Waals surface area contributed by atoms with Gasteiger partial charge in [-0.15, -0.1) is 0 Å². The van der Waals surface area contributed by atoms with Crippen LogP contribution in [0, 0.1) is 0 Å². The summed E-state index contributed by atoms with van der Waals surface area (Å²) in [6.07, 6.45) is 0.989. The highest BCUT2D eigenvalue weighted by atomic mass is 16.1. The molecule has 3 aromatic rings. The van der Waals surface area contributed by atoms with E-state index < -0.39 is 0 Å². The third-order valence-electron chi connectivity index (χ3n) is 5.27. The molecule has 0 aliphatic carbocycles. The van der Waals surface area contributed by atoms with Gasteiger partial charge in [-0.1, -0.05) is 60.7 Å². The molecular formula is C25H25N3O. The number of nitrogens with zero attached hydrogens (tertiary/aromatic N) is 2. The van der Waals surface area contributed by atoms with E-state index in [4.69, 9.17) is 0 Å². The SMILES string of the molecule is CC1=NN(c2ccc(C(=O)NCC(c3ccccc3)c3ccccc3)cc2)CC1. The first-order valence-electron chi connectivity index (χ1n) is 10.0. The molecule has 4 nitrogen and oxygen atoms in total. The molecule has 1 aliphatic rings. The van der Waals surface area contributed by atoms with Crippen molar-refractivity contribution >= 4 is 17.3 Å². The average molecular weight is 383 g/mol. The smallest absolute Gasteiger partial charge is 0.251 e. The summed E-state index contributed by atoms with van der Waals surface area (Å²) in [4.78, 5) is 12.7. The monoisotopic (exact) mass is 383 g/mol. The Labute approximate surface area is 171 Å². The summed E-state index contributed by atoms with van der Waals surface area (Å²) in [6.45, 7) is 3.48. The Bertz CT molecular complexity index is 942. The Morgan fingerprint density at radius 2 is 1.52 bits per heavy atom. The molecule has 0 spiro atoms. The molecule has 1 amide bonds. The standard InChI is InChI=1S/C25H25N3O/c1-19-16-17-28(27-19)23-14-12-22(13-15-23)25(29)26-18-24(20-8-4-2-5-9-20)21-10-6-3-7-11-21/h2-15,24H,16-18H2,1H3,(H,26,29). The van der Waals surface area contributed by atoms with Crippen LogP contribution in [0.4, 0.5) is 5.69 Å². The highest BCUT2D eigenvalue weighted by molar-refractivity contribution is 5.94. The van der Waals surface area contributed by atoms with E-state index in [1.807, 2.05) is 72.6 Å². The van der Waals surface area contributed by atoms with Gasteiger partial charge in [0.2, 0.25) is 0 Å². The van der Waals surface area contributed by atoms with Crippen molar-refractivity contribution in [3.63, 3.8) is 0 Å². The number of benzene rings is 3. The lowest BCUT2D eigenvalue weighted by Crippen LogP contribution is -2.29. The van der Waals surface area contributed by atoms with Crippen molar-refractivity contribution in [2.75, 3.05) is 18.1 Å². The van der Waals surface area contributed by atoms with Crippen molar-refractivity contribution in [3.8, 4) is 0 Å². The second-order valence-electron chi connectivity index (χ2n) is 7.34. The molecule has 3 aromatic carbocycles. The van der Waals surface area contributed by atoms with Crippen molar-refractivity contribution in [2.45, 2.75) is 19.3 Å². The Balaban J connectivity index is 1.45. The lowest BCUT2D eigenvalue weighted by atomic mass is 9.91. The zero-order valence-corrected chi connectivity index (χ0v) is 16.6. The topological polar surface area (TPSA) is 44.7 Å². The van der Waals surface area contributed by atoms with Crippen LogP contribution in [0.2, 0.25) is 0 Å². The first kappa shape index (κ1) is 18.9. The molecule has 0 bridgehead atoms. The zero-order valence-electron chi connectivity index (χ0n) is 16.6. The van der Waals surface area contributed by atoms with Gasteiger partial charge in [-0.25, -0.2) is 0 Å². The quantitative estimate of drug-likeness (QED) is 0.662. The van der Waals surface area contributed by atoms with Gasteiger partial charge in [-0.3, -0.25) is 9.80 Å². The summed E-state index contributed by atoms with van der Waals surface area (Å²) in [5, 5.41) is 9.61. The molecule has 1 N–H and O–H groups in total. The minimum absolute atomic E-state index is 0.0606. The highest BCUT2D eigenvalue weighted by Gasteiger charge is 2.17. The van der Waals surface area contributed by atoms with Crippen LogP contribution in [0.15, 0.2) is 90.0 Å². The van der Waals surface area contributed by atoms with E-state index in [1.54, 1.807) is 0 Å². The van der Waals surface area contributed by atoms with E-state index in [1.165, 1.54) is 11.1 Å². The molecule has 0 saturated heterocycles. The predicted molar refractivity (Wildman–Crippen MR) is 119 cm³/mol. The van der Waals surface area contributed by atoms with Gasteiger partial charge in [0.15, 0.2) is 0 Å². The number of rotatable bonds is 6. The molecular weight excluding hydrogens is 358 g/mol. The number of hydrazone groups is 1. The fourth-order valence-electron chi connectivity index (χ4n) is 3.64. The summed E-state index contributed by atoms with van der Waals surface area (Å²) >= 11 is 0. The molecule has 4 heteroatoms. The summed E-state index contributed by atoms with van der Waals surface area (Å²) in [6, 6.07) is 28.3. The van der Waals surface area contributed by atoms with E-state index in [2.05, 4.69) is 34.7 Å². The van der Waals surface area contributed by atoms with Gasteiger partial charge >= 0.3 is 0 Å². The fraction of sp³-hybridized carbons (Fsp3) is 0.200. The maximum absolute atomic E-state index is 12.7. The van der Waals surface area contributed by atoms with Gasteiger partial charge in [-0.05, 0) is 42.3 Å². The van der Waals surface area contributed by atoms with Gasteiger partial charge in [0.05, 0.1) is 5.69 Å². The first-order valence-corrected chi connectivity index (χ1v) is 10.0. The number of carbonyl (C=O) groups excluding carboxylic acids is 1. The zero-order chi connectivity index (χ0) is 20.1. The van der Waals surface area contributed by atoms with Crippen molar-refractivity contribution in [1.29, 1.82) is 0 Å². The van der Waals surface area contributed by atoms with E-state index in [0.717, 1.165) is 24.4 Å². The molecule has 29 heavy (non-hydrogen) atoms. The van der Waals surface area contributed by atoms with Crippen LogP contribution in [0.5, 0.6) is 0 Å². The summed E-state index contributed by atoms with van der Waals surface area (Å²) in [7, 11) is 0. The third-order valence-corrected chi connectivity index (χ3v) is 5.27. The Morgan fingerprint density at radius 1 is 0.931 bits per heavy atom. The summed E-state index contributed by atoms with van der Waals surface area (Å²) < 4.78 is 0. The van der Waals surface area contributed by atoms with E-state index in [9.17, 15) is 4.79 Å². The second-order valence-corrected chi connectivity index (χ2v) is 7.34. The van der Waals surface area contributed by atoms with Crippen molar-refractivity contribution < 1.29 is 4.79 Å². The van der Waals surface area contributed by atoms with Crippen molar-refractivity contribution in [2.24, 2.45) is 5.10 Å². The van der Waals surface area contributed by atoms with Crippen molar-refractivity contribution in [1.82, 2.24) is 5.32 Å². The van der Waals surface area contributed by atoms with E-state index in [-0.39, 0.29) is 11.8 Å². The van der Waals surface area contributed by atoms with Crippen LogP contribution in [-0.4, -0.2) is 24.7 Å². The normalized spacial score (nSPS) is 13.4. The first-order chi connectivity index (χ1) is 14.2. The molecule has 146 valence electrons. The number of amides is 1. The van der Waals surface area contributed by atoms with Gasteiger partial charge < -0.3 is 5.32 Å². The van der Waals surface area contributed by atoms with Crippen LogP contribution < -0.4 is 10.3 Å². The van der Waals surface area contributed by atoms with Crippen molar-refractivity contribution in [3.05, 3.63) is 102 Å². The Hall–Kier alpha value is -3.40. The minimum Gasteiger partial charge on any atom is -0.351 e. The number of hydrogen-bond donors (Lipinski definition) is 1. The highest BCUT2D eigenvalue weighted by Crippen LogP contribution is 2.24. The molecule has 0 fully saturated rings. The number of carbonyl (C=O) groups is 1. The number of anilines is 1. The van der Waals surface area contributed by atoms with Crippen LogP contribution >= 0.6 is 0 Å². The van der Waals surface area contributed by atoms with Gasteiger partial charge in [-0.2, -0.15) is 5.10 Å². The number of hydrogen-bond acceptors (Lipinski definition) is 3. The maximum atomic E-state index is 12.7. The molecule has 1 heterocycles. The van der Waals surface area contributed by atoms with E-state index >= 15 is 0 Å². The predicted octanol–water partition coefficient (Wildman–Crippen LogP) is 4.83. The largest absolute Gasteiger partial charge is 0.351 e. The molecule has 1 aliphatic heterocycles. The van der Waals surface area contributed by atoms with Gasteiger partial charge in [0, 0.05) is 36.7 Å². The second kappa shape index (κ2) is 8.74. The van der Waals surface area contributed by atoms with Gasteiger partial charge in [0.1, 0.15) is 0 Å². The average Bonchev–Trinajstić information content (AvgIpc) is 3.22. The molecule has 0 atom stereocenters. The Kier molecular flexibility index (Phi) is 5.71. The molecule has 4 rings (SSSR count). The fourth-order valence-corrected chi connectivity index (χ4v) is 3.64. The van der Waals surface area contributed by atoms with Crippen LogP contribution in [0.1, 0.15) is 40.7 Å². The Morgan fingerprint density at radius 3 is 2.03 bits per heavy atom. The lowest BCUT2D eigenvalue weighted by Gasteiger charge is -2.19. The lowest BCUT2D eigenvalue weighted by molar-refractivity contribution is 0.0952. The van der Waals surface area contributed by atoms with Crippen LogP contribution in [0.3, 0.4) is 0 Å². The molecule has 0 aromatic heterocycles. The summed E-state index contributed by atoms with van der Waals surface area (Å²) in [5.74, 6) is 0.0528. The maximum Gasteiger partial charge on any atom is 0.251 e. The third kappa shape index (κ3) is 4.54. The molecule has 0 unspecified atom stereocenters. The molecule has 0 saturated carbocycles. The van der Waals surface area contributed by atoms with Crippen LogP contribution in [-0.2, 0) is 0 Å². The van der Waals surface area contributed by atoms with E-state index in [0.29, 0.717) is 12.1 Å². The number of nitrogens with one attached hydrogen (secondary N) is 1. The van der Waals surface area contributed by atoms with Gasteiger partial charge in [0.25, 0.3) is 5.91 Å². The molecule has 0 radical (unpaired) electrons.